The Morgan fingerprint density at radius 3 is 2.47 bits per heavy atom. The number of rotatable bonds is 7. The molecule has 0 spiro atoms. The third-order valence-electron chi connectivity index (χ3n) is 6.56. The van der Waals surface area contributed by atoms with Crippen molar-refractivity contribution in [2.24, 2.45) is 0 Å². The van der Waals surface area contributed by atoms with Crippen LogP contribution < -0.4 is 16.0 Å². The van der Waals surface area contributed by atoms with Gasteiger partial charge in [-0.05, 0) is 73.5 Å². The van der Waals surface area contributed by atoms with E-state index in [9.17, 15) is 18.4 Å². The number of carbonyl (C=O) groups excluding carboxylic acids is 2. The van der Waals surface area contributed by atoms with Crippen LogP contribution >= 0.6 is 12.4 Å². The molecule has 1 fully saturated rings. The summed E-state index contributed by atoms with van der Waals surface area (Å²) < 4.78 is 28.2. The second-order valence-corrected chi connectivity index (χ2v) is 8.81. The summed E-state index contributed by atoms with van der Waals surface area (Å²) in [5.41, 5.74) is 2.98. The van der Waals surface area contributed by atoms with Gasteiger partial charge in [0.25, 0.3) is 11.8 Å². The molecule has 1 saturated heterocycles. The first kappa shape index (κ1) is 25.6. The summed E-state index contributed by atoms with van der Waals surface area (Å²) >= 11 is 0. The zero-order chi connectivity index (χ0) is 24.4. The number of nitrogens with one attached hydrogen (secondary N) is 3. The highest BCUT2D eigenvalue weighted by Gasteiger charge is 2.28. The van der Waals surface area contributed by atoms with Crippen LogP contribution in [0, 0.1) is 11.6 Å². The zero-order valence-electron chi connectivity index (χ0n) is 19.6. The Balaban J connectivity index is 0.00000304. The molecule has 0 aliphatic carbocycles. The Bertz CT molecular complexity index is 1280. The van der Waals surface area contributed by atoms with Gasteiger partial charge in [-0.25, -0.2) is 8.78 Å². The normalized spacial score (nSPS) is 14.7. The molecule has 3 N–H and O–H groups in total. The number of hydrogen-bond donors (Lipinski definition) is 3. The minimum Gasteiger partial charge on any atom is -0.384 e. The van der Waals surface area contributed by atoms with Crippen molar-refractivity contribution in [1.29, 1.82) is 0 Å². The summed E-state index contributed by atoms with van der Waals surface area (Å²) in [5.74, 6) is -2.66. The van der Waals surface area contributed by atoms with Gasteiger partial charge in [-0.1, -0.05) is 18.2 Å². The molecule has 2 heterocycles. The first-order chi connectivity index (χ1) is 17.0. The fourth-order valence-electron chi connectivity index (χ4n) is 4.71. The number of carbonyl (C=O) groups is 2. The van der Waals surface area contributed by atoms with Crippen molar-refractivity contribution in [2.45, 2.75) is 19.4 Å². The fourth-order valence-corrected chi connectivity index (χ4v) is 4.71. The molecule has 0 atom stereocenters. The zero-order valence-corrected chi connectivity index (χ0v) is 20.4. The average Bonchev–Trinajstić information content (AvgIpc) is 3.52. The highest BCUT2D eigenvalue weighted by molar-refractivity contribution is 6.11. The molecule has 0 aromatic heterocycles. The van der Waals surface area contributed by atoms with Crippen LogP contribution in [-0.4, -0.2) is 42.9 Å². The van der Waals surface area contributed by atoms with Gasteiger partial charge < -0.3 is 20.9 Å². The van der Waals surface area contributed by atoms with Crippen LogP contribution in [0.15, 0.2) is 54.6 Å². The number of anilines is 2. The van der Waals surface area contributed by atoms with Gasteiger partial charge in [0.15, 0.2) is 11.6 Å². The molecule has 9 heteroatoms. The molecular formula is C27H27ClF2N4O2. The van der Waals surface area contributed by atoms with Crippen molar-refractivity contribution < 1.29 is 18.4 Å². The van der Waals surface area contributed by atoms with E-state index in [1.165, 1.54) is 25.0 Å². The highest BCUT2D eigenvalue weighted by atomic mass is 35.5. The Kier molecular flexibility index (Phi) is 7.86. The largest absolute Gasteiger partial charge is 0.384 e. The summed E-state index contributed by atoms with van der Waals surface area (Å²) in [7, 11) is 0. The number of fused-ring (bicyclic) bond motifs is 1. The van der Waals surface area contributed by atoms with Crippen molar-refractivity contribution >= 4 is 35.6 Å². The van der Waals surface area contributed by atoms with Gasteiger partial charge in [-0.3, -0.25) is 9.59 Å². The third kappa shape index (κ3) is 5.20. The van der Waals surface area contributed by atoms with E-state index in [2.05, 4.69) is 20.9 Å². The van der Waals surface area contributed by atoms with E-state index in [-0.39, 0.29) is 41.9 Å². The SMILES string of the molecule is Cl.O=C(Nc1ccc(-c2cccc(F)c2F)c2c1C(=O)NC2)c1ccc(NCCN2CCCC2)cc1. The second-order valence-electron chi connectivity index (χ2n) is 8.81. The summed E-state index contributed by atoms with van der Waals surface area (Å²) in [4.78, 5) is 27.9. The van der Waals surface area contributed by atoms with Gasteiger partial charge in [0.2, 0.25) is 0 Å². The van der Waals surface area contributed by atoms with Crippen LogP contribution in [0.2, 0.25) is 0 Å². The molecule has 188 valence electrons. The van der Waals surface area contributed by atoms with Crippen LogP contribution in [-0.2, 0) is 6.54 Å². The molecule has 5 rings (SSSR count). The Morgan fingerprint density at radius 2 is 1.72 bits per heavy atom. The summed E-state index contributed by atoms with van der Waals surface area (Å²) in [6.07, 6.45) is 2.53. The Morgan fingerprint density at radius 1 is 0.972 bits per heavy atom. The number of amides is 2. The van der Waals surface area contributed by atoms with E-state index < -0.39 is 11.6 Å². The molecule has 3 aromatic rings. The third-order valence-corrected chi connectivity index (χ3v) is 6.56. The summed E-state index contributed by atoms with van der Waals surface area (Å²) in [6.45, 7) is 4.30. The molecule has 2 aliphatic heterocycles. The monoisotopic (exact) mass is 512 g/mol. The molecule has 0 bridgehead atoms. The van der Waals surface area contributed by atoms with E-state index in [0.29, 0.717) is 22.4 Å². The van der Waals surface area contributed by atoms with E-state index in [1.807, 2.05) is 12.1 Å². The molecule has 2 amide bonds. The van der Waals surface area contributed by atoms with Gasteiger partial charge in [0.05, 0.1) is 11.3 Å². The van der Waals surface area contributed by atoms with Crippen LogP contribution in [0.25, 0.3) is 11.1 Å². The first-order valence-corrected chi connectivity index (χ1v) is 11.8. The minimum absolute atomic E-state index is 0. The van der Waals surface area contributed by atoms with Crippen molar-refractivity contribution in [2.75, 3.05) is 36.8 Å². The fraction of sp³-hybridized carbons (Fsp3) is 0.259. The van der Waals surface area contributed by atoms with Gasteiger partial charge in [0.1, 0.15) is 0 Å². The second kappa shape index (κ2) is 11.1. The van der Waals surface area contributed by atoms with Crippen LogP contribution in [0.4, 0.5) is 20.2 Å². The molecule has 36 heavy (non-hydrogen) atoms. The summed E-state index contributed by atoms with van der Waals surface area (Å²) in [6, 6.07) is 14.2. The molecular weight excluding hydrogens is 486 g/mol. The van der Waals surface area contributed by atoms with E-state index in [0.717, 1.165) is 37.9 Å². The topological polar surface area (TPSA) is 73.5 Å². The lowest BCUT2D eigenvalue weighted by Crippen LogP contribution is -2.25. The molecule has 0 saturated carbocycles. The summed E-state index contributed by atoms with van der Waals surface area (Å²) in [5, 5.41) is 8.88. The predicted molar refractivity (Wildman–Crippen MR) is 139 cm³/mol. The minimum atomic E-state index is -0.972. The van der Waals surface area contributed by atoms with Gasteiger partial charge in [-0.2, -0.15) is 0 Å². The number of halogens is 3. The van der Waals surface area contributed by atoms with Crippen LogP contribution in [0.3, 0.4) is 0 Å². The molecule has 6 nitrogen and oxygen atoms in total. The Labute approximate surface area is 214 Å². The average molecular weight is 513 g/mol. The maximum atomic E-state index is 14.4. The highest BCUT2D eigenvalue weighted by Crippen LogP contribution is 2.35. The maximum absolute atomic E-state index is 14.4. The van der Waals surface area contributed by atoms with Crippen LogP contribution in [0.5, 0.6) is 0 Å². The van der Waals surface area contributed by atoms with Crippen molar-refractivity contribution in [1.82, 2.24) is 10.2 Å². The van der Waals surface area contributed by atoms with E-state index in [1.54, 1.807) is 24.3 Å². The number of nitrogens with zero attached hydrogens (tertiary/aromatic N) is 1. The molecule has 0 radical (unpaired) electrons. The van der Waals surface area contributed by atoms with Crippen molar-refractivity contribution in [3.63, 3.8) is 0 Å². The molecule has 3 aromatic carbocycles. The lowest BCUT2D eigenvalue weighted by molar-refractivity contribution is 0.0966. The molecule has 2 aliphatic rings. The number of hydrogen-bond acceptors (Lipinski definition) is 4. The van der Waals surface area contributed by atoms with Gasteiger partial charge in [0, 0.05) is 36.4 Å². The lowest BCUT2D eigenvalue weighted by atomic mass is 9.95. The van der Waals surface area contributed by atoms with E-state index in [4.69, 9.17) is 0 Å². The number of benzene rings is 3. The smallest absolute Gasteiger partial charge is 0.255 e. The van der Waals surface area contributed by atoms with Crippen molar-refractivity contribution in [3.8, 4) is 11.1 Å². The van der Waals surface area contributed by atoms with Gasteiger partial charge in [-0.15, -0.1) is 12.4 Å². The maximum Gasteiger partial charge on any atom is 0.255 e. The quantitative estimate of drug-likeness (QED) is 0.414. The standard InChI is InChI=1S/C27H26F2N4O2.ClH/c28-22-5-3-4-20(25(22)29)19-10-11-23(24-21(19)16-31-27(24)35)32-26(34)17-6-8-18(9-7-17)30-12-15-33-13-1-2-14-33;/h3-11,30H,1-2,12-16H2,(H,31,35)(H,32,34);1H. The van der Waals surface area contributed by atoms with Gasteiger partial charge >= 0.3 is 0 Å². The first-order valence-electron chi connectivity index (χ1n) is 11.8. The molecule has 0 unspecified atom stereocenters. The van der Waals surface area contributed by atoms with Crippen LogP contribution in [0.1, 0.15) is 39.1 Å². The number of likely N-dealkylation sites (tertiary alicyclic amines) is 1. The lowest BCUT2D eigenvalue weighted by Gasteiger charge is -2.15. The van der Waals surface area contributed by atoms with Crippen molar-refractivity contribution in [3.05, 3.63) is 82.9 Å². The Hall–Kier alpha value is -3.49. The van der Waals surface area contributed by atoms with E-state index >= 15 is 0 Å². The predicted octanol–water partition coefficient (Wildman–Crippen LogP) is 5.06.